The summed E-state index contributed by atoms with van der Waals surface area (Å²) in [6, 6.07) is 63.7. The summed E-state index contributed by atoms with van der Waals surface area (Å²) in [6.07, 6.45) is 8.72. The molecular weight excluding hydrogens is 760 g/mol. The summed E-state index contributed by atoms with van der Waals surface area (Å²) in [6.45, 7) is 10.4. The number of aryl methyl sites for hydroxylation is 2. The predicted molar refractivity (Wildman–Crippen MR) is 238 cm³/mol. The SMILES string of the molecule is C(C=Cc1ccccc1)=Cc1ccccc1.C[Si]OC(C)C.Cc1cc2c(-c3ccccc3)cccc2[cH-]1.Cc1cc2c(-c3ccccc3)cccc2[cH-]1.[Zr+2]. The molecule has 0 fully saturated rings. The molecule has 0 aliphatic heterocycles. The Morgan fingerprint density at radius 1 is 0.491 bits per heavy atom. The third kappa shape index (κ3) is 13.7. The molecular formula is C52H50OSiZr. The molecule has 0 aliphatic rings. The summed E-state index contributed by atoms with van der Waals surface area (Å²) in [5, 5.41) is 5.37. The van der Waals surface area contributed by atoms with Gasteiger partial charge in [-0.3, -0.25) is 0 Å². The topological polar surface area (TPSA) is 9.23 Å². The Hall–Kier alpha value is -4.92. The fraction of sp³-hybridized carbons (Fsp3) is 0.115. The zero-order chi connectivity index (χ0) is 38.0. The van der Waals surface area contributed by atoms with E-state index in [1.807, 2.05) is 56.8 Å². The van der Waals surface area contributed by atoms with E-state index in [9.17, 15) is 0 Å². The second-order valence-electron chi connectivity index (χ2n) is 13.3. The molecule has 0 atom stereocenters. The minimum Gasteiger partial charge on any atom is -0.415 e. The van der Waals surface area contributed by atoms with Gasteiger partial charge >= 0.3 is 26.2 Å². The number of hydrogen-bond acceptors (Lipinski definition) is 1. The largest absolute Gasteiger partial charge is 2.00 e. The standard InChI is InChI=1S/2C16H13.C16H14.C4H10OSi.Zr/c2*1-12-10-14-8-5-9-15(16(14)11-12)13-6-3-2-4-7-13;1-3-9-15(10-4-1)13-7-8-14-16-11-5-2-6-12-16;1-4(2)5-6-3;/h2*2-11H,1H3;1-14H;4H,1-3H3;/q2*-1;;;+2. The Kier molecular flexibility index (Phi) is 18.0. The van der Waals surface area contributed by atoms with Gasteiger partial charge in [0.1, 0.15) is 0 Å². The van der Waals surface area contributed by atoms with Crippen LogP contribution in [0.25, 0.3) is 56.0 Å². The van der Waals surface area contributed by atoms with Crippen LogP contribution in [0, 0.1) is 13.8 Å². The number of hydrogen-bond donors (Lipinski definition) is 0. The molecule has 272 valence electrons. The van der Waals surface area contributed by atoms with Crippen LogP contribution in [0.2, 0.25) is 6.55 Å². The molecule has 0 saturated heterocycles. The monoisotopic (exact) mass is 808 g/mol. The molecule has 2 radical (unpaired) electrons. The Morgan fingerprint density at radius 2 is 0.855 bits per heavy atom. The van der Waals surface area contributed by atoms with Crippen molar-refractivity contribution in [3.63, 3.8) is 0 Å². The van der Waals surface area contributed by atoms with Gasteiger partial charge in [-0.2, -0.15) is 12.1 Å². The van der Waals surface area contributed by atoms with Crippen molar-refractivity contribution in [3.05, 3.63) is 216 Å². The Morgan fingerprint density at radius 3 is 1.18 bits per heavy atom. The first-order valence-corrected chi connectivity index (χ1v) is 20.0. The Labute approximate surface area is 350 Å². The molecule has 3 heteroatoms. The molecule has 8 aromatic rings. The van der Waals surface area contributed by atoms with E-state index in [1.54, 1.807) is 0 Å². The second-order valence-corrected chi connectivity index (χ2v) is 14.0. The average molecular weight is 810 g/mol. The summed E-state index contributed by atoms with van der Waals surface area (Å²) in [5.41, 5.74) is 10.3. The van der Waals surface area contributed by atoms with Gasteiger partial charge in [0.15, 0.2) is 0 Å². The predicted octanol–water partition coefficient (Wildman–Crippen LogP) is 14.6. The molecule has 0 amide bonds. The molecule has 0 spiro atoms. The van der Waals surface area contributed by atoms with Gasteiger partial charge in [0.25, 0.3) is 0 Å². The van der Waals surface area contributed by atoms with Gasteiger partial charge < -0.3 is 4.43 Å². The van der Waals surface area contributed by atoms with Crippen molar-refractivity contribution in [2.24, 2.45) is 0 Å². The van der Waals surface area contributed by atoms with Crippen LogP contribution in [-0.2, 0) is 30.6 Å². The van der Waals surface area contributed by atoms with Crippen LogP contribution >= 0.6 is 0 Å². The van der Waals surface area contributed by atoms with E-state index in [4.69, 9.17) is 4.43 Å². The van der Waals surface area contributed by atoms with Crippen LogP contribution in [0.3, 0.4) is 0 Å². The van der Waals surface area contributed by atoms with Gasteiger partial charge in [-0.05, 0) is 42.6 Å². The van der Waals surface area contributed by atoms with E-state index in [0.717, 1.165) is 0 Å². The molecule has 55 heavy (non-hydrogen) atoms. The molecule has 0 bridgehead atoms. The minimum atomic E-state index is 0. The third-order valence-electron chi connectivity index (χ3n) is 8.60. The van der Waals surface area contributed by atoms with Gasteiger partial charge in [-0.1, -0.05) is 183 Å². The molecule has 1 nitrogen and oxygen atoms in total. The zero-order valence-electron chi connectivity index (χ0n) is 32.6. The van der Waals surface area contributed by atoms with E-state index in [1.165, 1.54) is 66.1 Å². The minimum absolute atomic E-state index is 0. The maximum atomic E-state index is 5.07. The van der Waals surface area contributed by atoms with Crippen LogP contribution < -0.4 is 0 Å². The van der Waals surface area contributed by atoms with E-state index >= 15 is 0 Å². The average Bonchev–Trinajstić information content (AvgIpc) is 3.79. The van der Waals surface area contributed by atoms with Gasteiger partial charge in [-0.15, -0.1) is 69.1 Å². The Balaban J connectivity index is 0.000000169. The summed E-state index contributed by atoms with van der Waals surface area (Å²) in [7, 11) is 0.638. The third-order valence-corrected chi connectivity index (χ3v) is 9.31. The van der Waals surface area contributed by atoms with E-state index < -0.39 is 0 Å². The number of benzene rings is 6. The second kappa shape index (κ2) is 23.1. The summed E-state index contributed by atoms with van der Waals surface area (Å²) in [5.74, 6) is 0. The van der Waals surface area contributed by atoms with E-state index in [2.05, 4.69) is 184 Å². The quantitative estimate of drug-likeness (QED) is 0.0885. The maximum Gasteiger partial charge on any atom is 2.00 e. The molecule has 0 aromatic heterocycles. The van der Waals surface area contributed by atoms with Crippen LogP contribution in [0.5, 0.6) is 0 Å². The van der Waals surface area contributed by atoms with Crippen molar-refractivity contribution in [2.45, 2.75) is 40.3 Å². The van der Waals surface area contributed by atoms with Crippen LogP contribution in [-0.4, -0.2) is 15.9 Å². The smallest absolute Gasteiger partial charge is 0.415 e. The molecule has 0 heterocycles. The van der Waals surface area contributed by atoms with Crippen molar-refractivity contribution in [1.82, 2.24) is 0 Å². The normalized spacial score (nSPS) is 10.7. The van der Waals surface area contributed by atoms with Crippen molar-refractivity contribution >= 4 is 43.5 Å². The van der Waals surface area contributed by atoms with Crippen LogP contribution in [0.4, 0.5) is 0 Å². The summed E-state index contributed by atoms with van der Waals surface area (Å²) in [4.78, 5) is 0. The van der Waals surface area contributed by atoms with Crippen molar-refractivity contribution in [1.29, 1.82) is 0 Å². The van der Waals surface area contributed by atoms with Crippen molar-refractivity contribution in [2.75, 3.05) is 0 Å². The fourth-order valence-electron chi connectivity index (χ4n) is 6.21. The first-order chi connectivity index (χ1) is 26.4. The molecule has 8 aromatic carbocycles. The molecule has 8 rings (SSSR count). The first kappa shape index (κ1) is 42.8. The van der Waals surface area contributed by atoms with Gasteiger partial charge in [0.2, 0.25) is 9.76 Å². The first-order valence-electron chi connectivity index (χ1n) is 18.6. The van der Waals surface area contributed by atoms with Crippen molar-refractivity contribution < 1.29 is 30.6 Å². The van der Waals surface area contributed by atoms with Crippen LogP contribution in [0.1, 0.15) is 36.1 Å². The molecule has 0 N–H and O–H groups in total. The Bertz CT molecular complexity index is 2150. The summed E-state index contributed by atoms with van der Waals surface area (Å²) < 4.78 is 5.07. The van der Waals surface area contributed by atoms with Gasteiger partial charge in [0.05, 0.1) is 0 Å². The summed E-state index contributed by atoms with van der Waals surface area (Å²) >= 11 is 0. The van der Waals surface area contributed by atoms with Crippen molar-refractivity contribution in [3.8, 4) is 22.3 Å². The van der Waals surface area contributed by atoms with E-state index in [-0.39, 0.29) is 26.2 Å². The number of allylic oxidation sites excluding steroid dienone is 2. The van der Waals surface area contributed by atoms with E-state index in [0.29, 0.717) is 15.9 Å². The zero-order valence-corrected chi connectivity index (χ0v) is 36.1. The molecule has 0 aliphatic carbocycles. The van der Waals surface area contributed by atoms with Gasteiger partial charge in [-0.25, -0.2) is 0 Å². The van der Waals surface area contributed by atoms with Crippen LogP contribution in [0.15, 0.2) is 194 Å². The maximum absolute atomic E-state index is 5.07. The molecule has 0 saturated carbocycles. The molecule has 0 unspecified atom stereocenters. The number of fused-ring (bicyclic) bond motifs is 2. The van der Waals surface area contributed by atoms with Gasteiger partial charge in [0, 0.05) is 6.10 Å². The fourth-order valence-corrected chi connectivity index (χ4v) is 6.68. The number of rotatable bonds is 7.